The minimum Gasteiger partial charge on any atom is -0.506 e. The first-order valence-electron chi connectivity index (χ1n) is 7.04. The molecule has 1 N–H and O–H groups in total. The Kier molecular flexibility index (Phi) is 4.28. The van der Waals surface area contributed by atoms with E-state index in [-0.39, 0.29) is 10.6 Å². The van der Waals surface area contributed by atoms with Gasteiger partial charge in [0.15, 0.2) is 0 Å². The summed E-state index contributed by atoms with van der Waals surface area (Å²) in [5, 5.41) is 19.9. The van der Waals surface area contributed by atoms with Gasteiger partial charge in [-0.2, -0.15) is 13.5 Å². The van der Waals surface area contributed by atoms with Crippen LogP contribution in [-0.4, -0.2) is 20.6 Å². The topological polar surface area (TPSA) is 88.3 Å². The fourth-order valence-electron chi connectivity index (χ4n) is 2.23. The number of aromatic hydroxyl groups is 1. The van der Waals surface area contributed by atoms with Gasteiger partial charge in [0.2, 0.25) is 0 Å². The molecule has 6 nitrogen and oxygen atoms in total. The monoisotopic (exact) mass is 342 g/mol. The van der Waals surface area contributed by atoms with Crippen LogP contribution in [0.4, 0.5) is 11.4 Å². The predicted molar refractivity (Wildman–Crippen MR) is 90.4 cm³/mol. The van der Waals surface area contributed by atoms with E-state index in [1.54, 1.807) is 12.1 Å². The van der Waals surface area contributed by atoms with Crippen LogP contribution < -0.4 is 0 Å². The van der Waals surface area contributed by atoms with Crippen LogP contribution in [0.1, 0.15) is 0 Å². The second-order valence-electron chi connectivity index (χ2n) is 4.97. The second kappa shape index (κ2) is 6.38. The van der Waals surface area contributed by atoms with Gasteiger partial charge < -0.3 is 5.11 Å². The summed E-state index contributed by atoms with van der Waals surface area (Å²) in [5.74, 6) is 0.0241. The van der Waals surface area contributed by atoms with Crippen LogP contribution in [0, 0.1) is 0 Å². The molecule has 0 aliphatic heterocycles. The largest absolute Gasteiger partial charge is 0.506 e. The molecule has 0 aliphatic rings. The fourth-order valence-corrected chi connectivity index (χ4v) is 2.89. The second-order valence-corrected chi connectivity index (χ2v) is 6.68. The highest BCUT2D eigenvalue weighted by Crippen LogP contribution is 2.35. The number of benzene rings is 3. The highest BCUT2D eigenvalue weighted by molar-refractivity contribution is 7.86. The van der Waals surface area contributed by atoms with E-state index in [2.05, 4.69) is 14.4 Å². The zero-order valence-electron chi connectivity index (χ0n) is 12.7. The van der Waals surface area contributed by atoms with E-state index in [0.29, 0.717) is 11.4 Å². The molecule has 0 amide bonds. The van der Waals surface area contributed by atoms with E-state index in [4.69, 9.17) is 0 Å². The van der Waals surface area contributed by atoms with Crippen LogP contribution in [-0.2, 0) is 14.3 Å². The summed E-state index contributed by atoms with van der Waals surface area (Å²) in [6.07, 6.45) is 0. The standard InChI is InChI=1S/C17H14N2O4S/c1-23-24(21,22)14-9-7-13(8-10-14)18-19-17-15-5-3-2-4-12(15)6-11-16(17)20/h2-11,20H,1H3. The highest BCUT2D eigenvalue weighted by atomic mass is 32.2. The van der Waals surface area contributed by atoms with Gasteiger partial charge in [0.05, 0.1) is 17.7 Å². The van der Waals surface area contributed by atoms with E-state index in [9.17, 15) is 13.5 Å². The Balaban J connectivity index is 1.96. The van der Waals surface area contributed by atoms with Crippen LogP contribution in [0.5, 0.6) is 5.75 Å². The molecule has 0 spiro atoms. The van der Waals surface area contributed by atoms with Crippen molar-refractivity contribution >= 4 is 32.3 Å². The van der Waals surface area contributed by atoms with Gasteiger partial charge in [-0.05, 0) is 35.7 Å². The first-order valence-corrected chi connectivity index (χ1v) is 8.45. The summed E-state index contributed by atoms with van der Waals surface area (Å²) in [6.45, 7) is 0. The summed E-state index contributed by atoms with van der Waals surface area (Å²) in [4.78, 5) is 0.0389. The molecule has 122 valence electrons. The van der Waals surface area contributed by atoms with Gasteiger partial charge in [-0.25, -0.2) is 0 Å². The Bertz CT molecular complexity index is 1010. The van der Waals surface area contributed by atoms with Gasteiger partial charge >= 0.3 is 0 Å². The van der Waals surface area contributed by atoms with Crippen molar-refractivity contribution in [3.05, 3.63) is 60.7 Å². The number of hydrogen-bond acceptors (Lipinski definition) is 6. The number of nitrogens with zero attached hydrogens (tertiary/aromatic N) is 2. The molecule has 0 atom stereocenters. The summed E-state index contributed by atoms with van der Waals surface area (Å²) in [5.41, 5.74) is 0.819. The number of hydrogen-bond donors (Lipinski definition) is 1. The molecule has 0 radical (unpaired) electrons. The highest BCUT2D eigenvalue weighted by Gasteiger charge is 2.12. The maximum Gasteiger partial charge on any atom is 0.296 e. The van der Waals surface area contributed by atoms with Crippen molar-refractivity contribution in [3.63, 3.8) is 0 Å². The number of azo groups is 1. The first kappa shape index (κ1) is 16.1. The molecular weight excluding hydrogens is 328 g/mol. The maximum absolute atomic E-state index is 11.6. The molecule has 0 heterocycles. The third-order valence-corrected chi connectivity index (χ3v) is 4.78. The van der Waals surface area contributed by atoms with E-state index >= 15 is 0 Å². The number of fused-ring (bicyclic) bond motifs is 1. The van der Waals surface area contributed by atoms with Crippen molar-refractivity contribution in [1.29, 1.82) is 0 Å². The summed E-state index contributed by atoms with van der Waals surface area (Å²) in [7, 11) is -2.63. The molecule has 0 aliphatic carbocycles. The Morgan fingerprint density at radius 1 is 0.917 bits per heavy atom. The molecule has 0 aromatic heterocycles. The first-order chi connectivity index (χ1) is 11.5. The van der Waals surface area contributed by atoms with E-state index in [1.807, 2.05) is 24.3 Å². The number of phenols is 1. The lowest BCUT2D eigenvalue weighted by molar-refractivity contribution is 0.398. The molecule has 0 saturated heterocycles. The zero-order chi connectivity index (χ0) is 17.2. The van der Waals surface area contributed by atoms with Crippen molar-refractivity contribution in [2.24, 2.45) is 10.2 Å². The van der Waals surface area contributed by atoms with Gasteiger partial charge in [-0.3, -0.25) is 4.18 Å². The van der Waals surface area contributed by atoms with E-state index < -0.39 is 10.1 Å². The summed E-state index contributed by atoms with van der Waals surface area (Å²) >= 11 is 0. The lowest BCUT2D eigenvalue weighted by Crippen LogP contribution is -2.01. The van der Waals surface area contributed by atoms with Gasteiger partial charge in [-0.15, -0.1) is 5.11 Å². The lowest BCUT2D eigenvalue weighted by atomic mass is 10.1. The fraction of sp³-hybridized carbons (Fsp3) is 0.0588. The molecule has 3 aromatic rings. The van der Waals surface area contributed by atoms with Crippen molar-refractivity contribution in [1.82, 2.24) is 0 Å². The summed E-state index contributed by atoms with van der Waals surface area (Å²) < 4.78 is 27.6. The van der Waals surface area contributed by atoms with Crippen LogP contribution >= 0.6 is 0 Å². The molecule has 24 heavy (non-hydrogen) atoms. The predicted octanol–water partition coefficient (Wildman–Crippen LogP) is 4.30. The normalized spacial score (nSPS) is 12.0. The third kappa shape index (κ3) is 3.12. The van der Waals surface area contributed by atoms with Crippen molar-refractivity contribution in [2.75, 3.05) is 7.11 Å². The number of phenolic OH excluding ortho intramolecular Hbond substituents is 1. The minimum atomic E-state index is -3.73. The van der Waals surface area contributed by atoms with Gasteiger partial charge in [-0.1, -0.05) is 30.3 Å². The Hall–Kier alpha value is -2.77. The maximum atomic E-state index is 11.6. The van der Waals surface area contributed by atoms with Gasteiger partial charge in [0.25, 0.3) is 10.1 Å². The summed E-state index contributed by atoms with van der Waals surface area (Å²) in [6, 6.07) is 16.7. The Morgan fingerprint density at radius 2 is 1.62 bits per heavy atom. The van der Waals surface area contributed by atoms with Crippen LogP contribution in [0.2, 0.25) is 0 Å². The van der Waals surface area contributed by atoms with Gasteiger partial charge in [0.1, 0.15) is 11.4 Å². The van der Waals surface area contributed by atoms with Crippen molar-refractivity contribution in [2.45, 2.75) is 4.90 Å². The van der Waals surface area contributed by atoms with E-state index in [1.165, 1.54) is 24.3 Å². The van der Waals surface area contributed by atoms with Crippen molar-refractivity contribution < 1.29 is 17.7 Å². The van der Waals surface area contributed by atoms with Gasteiger partial charge in [0, 0.05) is 5.39 Å². The lowest BCUT2D eigenvalue weighted by Gasteiger charge is -2.04. The molecule has 0 fully saturated rings. The average Bonchev–Trinajstić information content (AvgIpc) is 2.61. The van der Waals surface area contributed by atoms with Crippen molar-refractivity contribution in [3.8, 4) is 5.75 Å². The molecule has 0 saturated carbocycles. The minimum absolute atomic E-state index is 0.0241. The Labute approximate surface area is 139 Å². The molecule has 0 bridgehead atoms. The molecule has 7 heteroatoms. The quantitative estimate of drug-likeness (QED) is 0.565. The molecular formula is C17H14N2O4S. The average molecular weight is 342 g/mol. The molecule has 3 rings (SSSR count). The SMILES string of the molecule is COS(=O)(=O)c1ccc(N=Nc2c(O)ccc3ccccc23)cc1. The molecule has 3 aromatic carbocycles. The smallest absolute Gasteiger partial charge is 0.296 e. The van der Waals surface area contributed by atoms with E-state index in [0.717, 1.165) is 17.9 Å². The van der Waals surface area contributed by atoms with Crippen LogP contribution in [0.25, 0.3) is 10.8 Å². The van der Waals surface area contributed by atoms with Crippen LogP contribution in [0.15, 0.2) is 75.8 Å². The third-order valence-electron chi connectivity index (χ3n) is 3.49. The number of rotatable bonds is 4. The zero-order valence-corrected chi connectivity index (χ0v) is 13.6. The van der Waals surface area contributed by atoms with Crippen LogP contribution in [0.3, 0.4) is 0 Å². The Morgan fingerprint density at radius 3 is 2.33 bits per heavy atom. The molecule has 0 unspecified atom stereocenters.